The molecular formula is C18H46O3Si4. The zero-order chi connectivity index (χ0) is 19.9. The molecule has 0 radical (unpaired) electrons. The topological polar surface area (TPSA) is 27.7 Å². The summed E-state index contributed by atoms with van der Waals surface area (Å²) in [6.07, 6.45) is 0. The van der Waals surface area contributed by atoms with Gasteiger partial charge in [0.05, 0.1) is 8.07 Å². The minimum atomic E-state index is -1.64. The van der Waals surface area contributed by atoms with Gasteiger partial charge in [0.1, 0.15) is 0 Å². The lowest BCUT2D eigenvalue weighted by atomic mass is 10.9. The van der Waals surface area contributed by atoms with Crippen LogP contribution in [0.2, 0.25) is 76.6 Å². The number of rotatable bonds is 13. The van der Waals surface area contributed by atoms with Gasteiger partial charge in [0.2, 0.25) is 0 Å². The van der Waals surface area contributed by atoms with Crippen molar-refractivity contribution in [3.8, 4) is 0 Å². The predicted molar refractivity (Wildman–Crippen MR) is 123 cm³/mol. The molecule has 0 fully saturated rings. The van der Waals surface area contributed by atoms with Crippen molar-refractivity contribution in [3.63, 3.8) is 0 Å². The second-order valence-electron chi connectivity index (χ2n) is 9.89. The van der Waals surface area contributed by atoms with Crippen LogP contribution in [0.4, 0.5) is 0 Å². The first-order chi connectivity index (χ1) is 11.2. The van der Waals surface area contributed by atoms with Crippen LogP contribution in [0.15, 0.2) is 0 Å². The van der Waals surface area contributed by atoms with E-state index in [9.17, 15) is 0 Å². The van der Waals surface area contributed by atoms with Crippen molar-refractivity contribution < 1.29 is 13.3 Å². The first-order valence-corrected chi connectivity index (χ1v) is 22.8. The molecule has 0 aromatic heterocycles. The normalized spacial score (nSPS) is 15.5. The molecular weight excluding hydrogens is 377 g/mol. The van der Waals surface area contributed by atoms with Crippen LogP contribution >= 0.6 is 0 Å². The Labute approximate surface area is 162 Å². The van der Waals surface area contributed by atoms with Gasteiger partial charge in [-0.1, -0.05) is 19.1 Å². The second kappa shape index (κ2) is 10.3. The van der Waals surface area contributed by atoms with E-state index in [4.69, 9.17) is 13.3 Å². The quantitative estimate of drug-likeness (QED) is 0.325. The molecule has 0 saturated carbocycles. The standard InChI is InChI=1S/C18H46O3Si4/c1-12-19-23(6,7)15-14-22(4,5)18(3)21-25(10,11)17-16-24(8,9)20-13-2/h18H,12-17H2,1-11H3. The van der Waals surface area contributed by atoms with E-state index in [1.54, 1.807) is 0 Å². The summed E-state index contributed by atoms with van der Waals surface area (Å²) in [5, 5.41) is 0. The molecule has 3 nitrogen and oxygen atoms in total. The molecule has 25 heavy (non-hydrogen) atoms. The molecule has 152 valence electrons. The van der Waals surface area contributed by atoms with Crippen molar-refractivity contribution in [2.45, 2.75) is 103 Å². The van der Waals surface area contributed by atoms with Crippen LogP contribution in [0.1, 0.15) is 20.8 Å². The minimum Gasteiger partial charge on any atom is -0.418 e. The third kappa shape index (κ3) is 11.2. The Morgan fingerprint density at radius 2 is 0.960 bits per heavy atom. The smallest absolute Gasteiger partial charge is 0.186 e. The first kappa shape index (κ1) is 25.7. The fourth-order valence-corrected chi connectivity index (χ4v) is 18.4. The van der Waals surface area contributed by atoms with Gasteiger partial charge in [-0.25, -0.2) is 0 Å². The van der Waals surface area contributed by atoms with Gasteiger partial charge in [0, 0.05) is 18.9 Å². The highest BCUT2D eigenvalue weighted by molar-refractivity contribution is 6.83. The molecule has 0 aliphatic heterocycles. The third-order valence-corrected chi connectivity index (χ3v) is 18.0. The molecule has 0 N–H and O–H groups in total. The van der Waals surface area contributed by atoms with Gasteiger partial charge >= 0.3 is 0 Å². The highest BCUT2D eigenvalue weighted by atomic mass is 28.4. The SMILES string of the molecule is CCO[Si](C)(C)CC[Si](C)(C)OC(C)[Si](C)(C)CC[Si](C)(C)OCC. The number of hydrogen-bond donors (Lipinski definition) is 0. The Morgan fingerprint density at radius 1 is 0.600 bits per heavy atom. The van der Waals surface area contributed by atoms with E-state index in [0.29, 0.717) is 5.73 Å². The molecule has 0 bridgehead atoms. The summed E-state index contributed by atoms with van der Waals surface area (Å²) < 4.78 is 18.8. The van der Waals surface area contributed by atoms with Crippen molar-refractivity contribution in [3.05, 3.63) is 0 Å². The van der Waals surface area contributed by atoms with Gasteiger partial charge in [-0.15, -0.1) is 0 Å². The lowest BCUT2D eigenvalue weighted by Crippen LogP contribution is -2.49. The monoisotopic (exact) mass is 422 g/mol. The maximum absolute atomic E-state index is 6.74. The van der Waals surface area contributed by atoms with E-state index in [1.165, 1.54) is 24.2 Å². The van der Waals surface area contributed by atoms with Gasteiger partial charge in [0.25, 0.3) is 0 Å². The zero-order valence-corrected chi connectivity index (χ0v) is 23.0. The van der Waals surface area contributed by atoms with Crippen LogP contribution in [0.25, 0.3) is 0 Å². The van der Waals surface area contributed by atoms with Crippen LogP contribution in [-0.2, 0) is 13.3 Å². The highest BCUT2D eigenvalue weighted by Gasteiger charge is 2.37. The van der Waals surface area contributed by atoms with Gasteiger partial charge in [-0.2, -0.15) is 0 Å². The van der Waals surface area contributed by atoms with Crippen LogP contribution < -0.4 is 0 Å². The fourth-order valence-electron chi connectivity index (χ4n) is 3.05. The molecule has 0 amide bonds. The van der Waals surface area contributed by atoms with Crippen molar-refractivity contribution >= 4 is 33.0 Å². The molecule has 0 rings (SSSR count). The molecule has 0 aromatic carbocycles. The van der Waals surface area contributed by atoms with Crippen LogP contribution in [-0.4, -0.2) is 52.0 Å². The molecule has 0 aliphatic carbocycles. The van der Waals surface area contributed by atoms with Gasteiger partial charge in [-0.3, -0.25) is 0 Å². The Balaban J connectivity index is 4.62. The van der Waals surface area contributed by atoms with Gasteiger partial charge in [0.15, 0.2) is 25.0 Å². The Bertz CT molecular complexity index is 385. The summed E-state index contributed by atoms with van der Waals surface area (Å²) in [7, 11) is -6.03. The van der Waals surface area contributed by atoms with Crippen molar-refractivity contribution in [1.82, 2.24) is 0 Å². The zero-order valence-electron chi connectivity index (χ0n) is 19.0. The number of hydrogen-bond acceptors (Lipinski definition) is 3. The third-order valence-electron chi connectivity index (χ3n) is 5.37. The van der Waals surface area contributed by atoms with E-state index in [1.807, 2.05) is 0 Å². The Morgan fingerprint density at radius 3 is 1.36 bits per heavy atom. The van der Waals surface area contributed by atoms with Crippen LogP contribution in [0.5, 0.6) is 0 Å². The summed E-state index contributed by atoms with van der Waals surface area (Å²) in [6, 6.07) is 5.02. The molecule has 0 aliphatic rings. The van der Waals surface area contributed by atoms with Gasteiger partial charge in [-0.05, 0) is 78.2 Å². The Kier molecular flexibility index (Phi) is 10.6. The molecule has 1 unspecified atom stereocenters. The maximum atomic E-state index is 6.74. The molecule has 1 atom stereocenters. The van der Waals surface area contributed by atoms with Crippen LogP contribution in [0.3, 0.4) is 0 Å². The summed E-state index contributed by atoms with van der Waals surface area (Å²) in [5.74, 6) is 0. The second-order valence-corrected chi connectivity index (χ2v) is 28.1. The van der Waals surface area contributed by atoms with E-state index < -0.39 is 33.0 Å². The average Bonchev–Trinajstić information content (AvgIpc) is 2.43. The molecule has 0 aromatic rings. The van der Waals surface area contributed by atoms with Gasteiger partial charge < -0.3 is 13.3 Å². The predicted octanol–water partition coefficient (Wildman–Crippen LogP) is 6.33. The van der Waals surface area contributed by atoms with Crippen molar-refractivity contribution in [1.29, 1.82) is 0 Å². The van der Waals surface area contributed by atoms with Crippen LogP contribution in [0, 0.1) is 0 Å². The summed E-state index contributed by atoms with van der Waals surface area (Å²) in [4.78, 5) is 0. The lowest BCUT2D eigenvalue weighted by molar-refractivity contribution is 0.276. The molecule has 0 heterocycles. The highest BCUT2D eigenvalue weighted by Crippen LogP contribution is 2.29. The lowest BCUT2D eigenvalue weighted by Gasteiger charge is -2.38. The summed E-state index contributed by atoms with van der Waals surface area (Å²) >= 11 is 0. The largest absolute Gasteiger partial charge is 0.418 e. The molecule has 7 heteroatoms. The minimum absolute atomic E-state index is 0.428. The fraction of sp³-hybridized carbons (Fsp3) is 1.00. The van der Waals surface area contributed by atoms with E-state index in [0.717, 1.165) is 13.2 Å². The maximum Gasteiger partial charge on any atom is 0.186 e. The first-order valence-electron chi connectivity index (χ1n) is 10.1. The molecule has 0 spiro atoms. The van der Waals surface area contributed by atoms with Crippen molar-refractivity contribution in [2.24, 2.45) is 0 Å². The van der Waals surface area contributed by atoms with E-state index in [2.05, 4.69) is 73.1 Å². The van der Waals surface area contributed by atoms with E-state index in [-0.39, 0.29) is 0 Å². The summed E-state index contributed by atoms with van der Waals surface area (Å²) in [5.41, 5.74) is 0.428. The Hall–Kier alpha value is 0.748. The average molecular weight is 423 g/mol. The molecule has 0 saturated heterocycles. The van der Waals surface area contributed by atoms with E-state index >= 15 is 0 Å². The van der Waals surface area contributed by atoms with Crippen molar-refractivity contribution in [2.75, 3.05) is 13.2 Å². The summed E-state index contributed by atoms with van der Waals surface area (Å²) in [6.45, 7) is 27.4.